The molecule has 1 fully saturated rings. The second-order valence-corrected chi connectivity index (χ2v) is 6.21. The van der Waals surface area contributed by atoms with E-state index in [1.807, 2.05) is 57.4 Å². The summed E-state index contributed by atoms with van der Waals surface area (Å²) in [4.78, 5) is 18.6. The summed E-state index contributed by atoms with van der Waals surface area (Å²) in [7, 11) is 7.89. The lowest BCUT2D eigenvalue weighted by Crippen LogP contribution is -2.41. The summed E-state index contributed by atoms with van der Waals surface area (Å²) in [5, 5.41) is 9.90. The molecular weight excluding hydrogens is 266 g/mol. The summed E-state index contributed by atoms with van der Waals surface area (Å²) in [5.74, 6) is 0.00194. The average Bonchev–Trinajstić information content (AvgIpc) is 2.78. The van der Waals surface area contributed by atoms with Crippen LogP contribution in [0, 0.1) is 0 Å². The van der Waals surface area contributed by atoms with Gasteiger partial charge in [0.25, 0.3) is 5.91 Å². The molecule has 0 aromatic heterocycles. The number of hydrogen-bond acceptors (Lipinski definition) is 4. The van der Waals surface area contributed by atoms with E-state index in [0.717, 1.165) is 12.2 Å². The van der Waals surface area contributed by atoms with E-state index in [9.17, 15) is 9.90 Å². The van der Waals surface area contributed by atoms with E-state index in [4.69, 9.17) is 0 Å². The molecule has 1 aromatic carbocycles. The van der Waals surface area contributed by atoms with Gasteiger partial charge in [0.05, 0.1) is 6.10 Å². The zero-order chi connectivity index (χ0) is 15.6. The third-order valence-electron chi connectivity index (χ3n) is 3.84. The Bertz CT molecular complexity index is 502. The highest BCUT2D eigenvalue weighted by Gasteiger charge is 2.34. The zero-order valence-electron chi connectivity index (χ0n) is 13.3. The zero-order valence-corrected chi connectivity index (χ0v) is 13.3. The standard InChI is InChI=1S/C16H25N3O2/c1-17(2)10-14-9-15(20)11-19(14)16(21)12-6-5-7-13(8-12)18(3)4/h5-8,14-15,20H,9-11H2,1-4H3. The molecule has 0 saturated carbocycles. The van der Waals surface area contributed by atoms with E-state index >= 15 is 0 Å². The van der Waals surface area contributed by atoms with Crippen LogP contribution in [0.25, 0.3) is 0 Å². The summed E-state index contributed by atoms with van der Waals surface area (Å²) in [6.07, 6.45) is 0.230. The lowest BCUT2D eigenvalue weighted by atomic mass is 10.1. The number of nitrogens with zero attached hydrogens (tertiary/aromatic N) is 3. The van der Waals surface area contributed by atoms with Crippen LogP contribution in [0.2, 0.25) is 0 Å². The van der Waals surface area contributed by atoms with Crippen molar-refractivity contribution in [3.05, 3.63) is 29.8 Å². The molecule has 21 heavy (non-hydrogen) atoms. The van der Waals surface area contributed by atoms with E-state index in [-0.39, 0.29) is 11.9 Å². The fraction of sp³-hybridized carbons (Fsp3) is 0.562. The second kappa shape index (κ2) is 6.45. The Balaban J connectivity index is 2.19. The Hall–Kier alpha value is -1.59. The van der Waals surface area contributed by atoms with Crippen LogP contribution in [-0.2, 0) is 0 Å². The number of aliphatic hydroxyl groups excluding tert-OH is 1. The van der Waals surface area contributed by atoms with E-state index in [1.54, 1.807) is 4.90 Å². The molecular formula is C16H25N3O2. The Morgan fingerprint density at radius 3 is 2.67 bits per heavy atom. The summed E-state index contributed by atoms with van der Waals surface area (Å²) in [6.45, 7) is 1.19. The lowest BCUT2D eigenvalue weighted by Gasteiger charge is -2.27. The molecule has 0 spiro atoms. The summed E-state index contributed by atoms with van der Waals surface area (Å²) in [6, 6.07) is 7.70. The first kappa shape index (κ1) is 15.8. The molecule has 1 aromatic rings. The van der Waals surface area contributed by atoms with Gasteiger partial charge in [-0.1, -0.05) is 6.07 Å². The first-order valence-electron chi connectivity index (χ1n) is 7.29. The van der Waals surface area contributed by atoms with Gasteiger partial charge < -0.3 is 19.8 Å². The van der Waals surface area contributed by atoms with Crippen LogP contribution < -0.4 is 4.90 Å². The first-order chi connectivity index (χ1) is 9.88. The highest BCUT2D eigenvalue weighted by molar-refractivity contribution is 5.95. The lowest BCUT2D eigenvalue weighted by molar-refractivity contribution is 0.0699. The normalized spacial score (nSPS) is 21.9. The fourth-order valence-corrected chi connectivity index (χ4v) is 2.82. The first-order valence-corrected chi connectivity index (χ1v) is 7.29. The van der Waals surface area contributed by atoms with Crippen molar-refractivity contribution in [1.82, 2.24) is 9.80 Å². The van der Waals surface area contributed by atoms with E-state index in [2.05, 4.69) is 4.90 Å². The smallest absolute Gasteiger partial charge is 0.254 e. The molecule has 0 bridgehead atoms. The molecule has 0 aliphatic carbocycles. The van der Waals surface area contributed by atoms with Gasteiger partial charge in [0, 0.05) is 44.5 Å². The van der Waals surface area contributed by atoms with Gasteiger partial charge in [-0.3, -0.25) is 4.79 Å². The van der Waals surface area contributed by atoms with Gasteiger partial charge in [0.1, 0.15) is 0 Å². The van der Waals surface area contributed by atoms with Crippen molar-refractivity contribution in [3.8, 4) is 0 Å². The van der Waals surface area contributed by atoms with Crippen LogP contribution in [0.15, 0.2) is 24.3 Å². The number of aliphatic hydroxyl groups is 1. The maximum Gasteiger partial charge on any atom is 0.254 e. The molecule has 1 aliphatic heterocycles. The maximum atomic E-state index is 12.7. The molecule has 1 saturated heterocycles. The van der Waals surface area contributed by atoms with Gasteiger partial charge >= 0.3 is 0 Å². The van der Waals surface area contributed by atoms with Crippen molar-refractivity contribution < 1.29 is 9.90 Å². The van der Waals surface area contributed by atoms with Crippen molar-refractivity contribution in [2.24, 2.45) is 0 Å². The number of hydrogen-bond donors (Lipinski definition) is 1. The van der Waals surface area contributed by atoms with Gasteiger partial charge in [0.2, 0.25) is 0 Å². The Labute approximate surface area is 126 Å². The van der Waals surface area contributed by atoms with Crippen LogP contribution in [0.5, 0.6) is 0 Å². The predicted octanol–water partition coefficient (Wildman–Crippen LogP) is 0.890. The van der Waals surface area contributed by atoms with Gasteiger partial charge in [0.15, 0.2) is 0 Å². The number of benzene rings is 1. The molecule has 2 unspecified atom stereocenters. The minimum atomic E-state index is -0.420. The molecule has 2 atom stereocenters. The van der Waals surface area contributed by atoms with Crippen LogP contribution in [0.3, 0.4) is 0 Å². The number of likely N-dealkylation sites (N-methyl/N-ethyl adjacent to an activating group) is 1. The molecule has 1 aliphatic rings. The minimum Gasteiger partial charge on any atom is -0.391 e. The Morgan fingerprint density at radius 1 is 1.33 bits per heavy atom. The fourth-order valence-electron chi connectivity index (χ4n) is 2.82. The van der Waals surface area contributed by atoms with Gasteiger partial charge in [-0.25, -0.2) is 0 Å². The molecule has 5 heteroatoms. The number of carbonyl (C=O) groups excluding carboxylic acids is 1. The largest absolute Gasteiger partial charge is 0.391 e. The molecule has 1 N–H and O–H groups in total. The van der Waals surface area contributed by atoms with Crippen LogP contribution >= 0.6 is 0 Å². The third-order valence-corrected chi connectivity index (χ3v) is 3.84. The van der Waals surface area contributed by atoms with Crippen molar-refractivity contribution in [3.63, 3.8) is 0 Å². The maximum absolute atomic E-state index is 12.7. The SMILES string of the molecule is CN(C)CC1CC(O)CN1C(=O)c1cccc(N(C)C)c1. The summed E-state index contributed by atoms with van der Waals surface area (Å²) in [5.41, 5.74) is 1.68. The quantitative estimate of drug-likeness (QED) is 0.895. The highest BCUT2D eigenvalue weighted by atomic mass is 16.3. The summed E-state index contributed by atoms with van der Waals surface area (Å²) < 4.78 is 0. The molecule has 2 rings (SSSR count). The van der Waals surface area contributed by atoms with Crippen LogP contribution in [0.1, 0.15) is 16.8 Å². The molecule has 5 nitrogen and oxygen atoms in total. The second-order valence-electron chi connectivity index (χ2n) is 6.21. The Kier molecular flexibility index (Phi) is 4.85. The van der Waals surface area contributed by atoms with Crippen molar-refractivity contribution in [2.45, 2.75) is 18.6 Å². The predicted molar refractivity (Wildman–Crippen MR) is 84.8 cm³/mol. The topological polar surface area (TPSA) is 47.0 Å². The van der Waals surface area contributed by atoms with Crippen molar-refractivity contribution in [1.29, 1.82) is 0 Å². The highest BCUT2D eigenvalue weighted by Crippen LogP contribution is 2.23. The molecule has 1 amide bonds. The minimum absolute atomic E-state index is 0.00194. The number of rotatable bonds is 4. The third kappa shape index (κ3) is 3.74. The number of amides is 1. The Morgan fingerprint density at radius 2 is 2.05 bits per heavy atom. The molecule has 116 valence electrons. The number of β-amino-alcohol motifs (C(OH)–C–C–N with tert-alkyl or cyclic N) is 1. The monoisotopic (exact) mass is 291 g/mol. The van der Waals surface area contributed by atoms with Crippen molar-refractivity contribution >= 4 is 11.6 Å². The van der Waals surface area contributed by atoms with Gasteiger partial charge in [-0.15, -0.1) is 0 Å². The molecule has 0 radical (unpaired) electrons. The molecule has 1 heterocycles. The van der Waals surface area contributed by atoms with E-state index < -0.39 is 6.10 Å². The average molecular weight is 291 g/mol. The van der Waals surface area contributed by atoms with Crippen molar-refractivity contribution in [2.75, 3.05) is 46.2 Å². The van der Waals surface area contributed by atoms with E-state index in [1.165, 1.54) is 0 Å². The summed E-state index contributed by atoms with van der Waals surface area (Å²) >= 11 is 0. The number of likely N-dealkylation sites (tertiary alicyclic amines) is 1. The van der Waals surface area contributed by atoms with Gasteiger partial charge in [-0.2, -0.15) is 0 Å². The van der Waals surface area contributed by atoms with Crippen LogP contribution in [0.4, 0.5) is 5.69 Å². The van der Waals surface area contributed by atoms with Crippen LogP contribution in [-0.4, -0.2) is 74.2 Å². The number of carbonyl (C=O) groups is 1. The number of anilines is 1. The van der Waals surface area contributed by atoms with E-state index in [0.29, 0.717) is 18.5 Å². The van der Waals surface area contributed by atoms with Gasteiger partial charge in [-0.05, 0) is 38.7 Å².